The number of allylic oxidation sites excluding steroid dienone is 1. The smallest absolute Gasteiger partial charge is 0.244 e. The van der Waals surface area contributed by atoms with Crippen LogP contribution in [0.4, 0.5) is 4.39 Å². The SMILES string of the molecule is Cc1cc(/C(=C/C(=O)NCCc2cscn2)C(C)C)ccc1F. The van der Waals surface area contributed by atoms with Crippen LogP contribution in [0.15, 0.2) is 35.2 Å². The molecule has 0 aliphatic heterocycles. The van der Waals surface area contributed by atoms with Gasteiger partial charge in [0.2, 0.25) is 5.91 Å². The second-order valence-corrected chi connectivity index (χ2v) is 6.46. The Morgan fingerprint density at radius 3 is 2.83 bits per heavy atom. The van der Waals surface area contributed by atoms with Gasteiger partial charge in [0.15, 0.2) is 0 Å². The van der Waals surface area contributed by atoms with Crippen molar-refractivity contribution in [2.45, 2.75) is 27.2 Å². The third-order valence-electron chi connectivity index (χ3n) is 3.56. The molecule has 3 nitrogen and oxygen atoms in total. The van der Waals surface area contributed by atoms with Gasteiger partial charge in [0.1, 0.15) is 5.82 Å². The Labute approximate surface area is 140 Å². The maximum absolute atomic E-state index is 13.4. The number of thiazole rings is 1. The topological polar surface area (TPSA) is 42.0 Å². The maximum Gasteiger partial charge on any atom is 0.244 e. The van der Waals surface area contributed by atoms with E-state index in [1.807, 2.05) is 19.2 Å². The second kappa shape index (κ2) is 8.02. The third kappa shape index (κ3) is 4.99. The fourth-order valence-electron chi connectivity index (χ4n) is 2.27. The average molecular weight is 332 g/mol. The van der Waals surface area contributed by atoms with Crippen LogP contribution in [-0.4, -0.2) is 17.4 Å². The van der Waals surface area contributed by atoms with Crippen LogP contribution in [-0.2, 0) is 11.2 Å². The molecular formula is C18H21FN2OS. The van der Waals surface area contributed by atoms with E-state index in [1.165, 1.54) is 6.07 Å². The van der Waals surface area contributed by atoms with Crippen molar-refractivity contribution < 1.29 is 9.18 Å². The monoisotopic (exact) mass is 332 g/mol. The van der Waals surface area contributed by atoms with Gasteiger partial charge in [-0.1, -0.05) is 19.9 Å². The van der Waals surface area contributed by atoms with E-state index >= 15 is 0 Å². The number of amides is 1. The summed E-state index contributed by atoms with van der Waals surface area (Å²) in [7, 11) is 0. The molecule has 0 unspecified atom stereocenters. The van der Waals surface area contributed by atoms with E-state index in [2.05, 4.69) is 10.3 Å². The Morgan fingerprint density at radius 2 is 2.22 bits per heavy atom. The molecule has 0 bridgehead atoms. The van der Waals surface area contributed by atoms with Crippen molar-refractivity contribution in [3.05, 3.63) is 57.8 Å². The fourth-order valence-corrected chi connectivity index (χ4v) is 2.87. The van der Waals surface area contributed by atoms with Crippen molar-refractivity contribution in [2.75, 3.05) is 6.54 Å². The maximum atomic E-state index is 13.4. The van der Waals surface area contributed by atoms with Crippen LogP contribution in [0.3, 0.4) is 0 Å². The molecule has 23 heavy (non-hydrogen) atoms. The predicted molar refractivity (Wildman–Crippen MR) is 92.8 cm³/mol. The number of nitrogens with one attached hydrogen (secondary N) is 1. The summed E-state index contributed by atoms with van der Waals surface area (Å²) in [6.07, 6.45) is 2.33. The van der Waals surface area contributed by atoms with Crippen LogP contribution in [0.2, 0.25) is 0 Å². The molecule has 2 rings (SSSR count). The number of aryl methyl sites for hydroxylation is 1. The van der Waals surface area contributed by atoms with E-state index in [0.29, 0.717) is 12.1 Å². The summed E-state index contributed by atoms with van der Waals surface area (Å²) in [6, 6.07) is 4.95. The molecule has 0 atom stereocenters. The summed E-state index contributed by atoms with van der Waals surface area (Å²) < 4.78 is 13.4. The van der Waals surface area contributed by atoms with Crippen molar-refractivity contribution in [1.29, 1.82) is 0 Å². The van der Waals surface area contributed by atoms with E-state index in [9.17, 15) is 9.18 Å². The van der Waals surface area contributed by atoms with E-state index in [4.69, 9.17) is 0 Å². The standard InChI is InChI=1S/C18H21FN2OS/c1-12(2)16(14-4-5-17(19)13(3)8-14)9-18(22)20-7-6-15-10-23-11-21-15/h4-5,8-12H,6-7H2,1-3H3,(H,20,22)/b16-9+. The largest absolute Gasteiger partial charge is 0.352 e. The molecule has 122 valence electrons. The van der Waals surface area contributed by atoms with Crippen LogP contribution in [0.1, 0.15) is 30.7 Å². The highest BCUT2D eigenvalue weighted by atomic mass is 32.1. The zero-order chi connectivity index (χ0) is 16.8. The van der Waals surface area contributed by atoms with Crippen LogP contribution in [0, 0.1) is 18.7 Å². The molecule has 1 amide bonds. The van der Waals surface area contributed by atoms with Gasteiger partial charge in [0.25, 0.3) is 0 Å². The number of benzene rings is 1. The molecule has 0 saturated heterocycles. The molecule has 0 radical (unpaired) electrons. The molecular weight excluding hydrogens is 311 g/mol. The minimum atomic E-state index is -0.232. The summed E-state index contributed by atoms with van der Waals surface area (Å²) in [5, 5.41) is 4.85. The van der Waals surface area contributed by atoms with Crippen molar-refractivity contribution in [3.63, 3.8) is 0 Å². The Balaban J connectivity index is 2.05. The predicted octanol–water partition coefficient (Wildman–Crippen LogP) is 3.99. The second-order valence-electron chi connectivity index (χ2n) is 5.74. The van der Waals surface area contributed by atoms with Crippen molar-refractivity contribution >= 4 is 22.8 Å². The number of hydrogen-bond acceptors (Lipinski definition) is 3. The van der Waals surface area contributed by atoms with Crippen LogP contribution in [0.25, 0.3) is 5.57 Å². The van der Waals surface area contributed by atoms with E-state index in [1.54, 1.807) is 42.0 Å². The Kier molecular flexibility index (Phi) is 6.04. The normalized spacial score (nSPS) is 11.8. The van der Waals surface area contributed by atoms with Crippen LogP contribution < -0.4 is 5.32 Å². The molecule has 1 N–H and O–H groups in total. The number of nitrogens with zero attached hydrogens (tertiary/aromatic N) is 1. The third-order valence-corrected chi connectivity index (χ3v) is 4.20. The number of rotatable bonds is 6. The average Bonchev–Trinajstić information content (AvgIpc) is 3.01. The van der Waals surface area contributed by atoms with E-state index in [0.717, 1.165) is 23.3 Å². The summed E-state index contributed by atoms with van der Waals surface area (Å²) >= 11 is 1.55. The molecule has 0 saturated carbocycles. The molecule has 0 aliphatic carbocycles. The molecule has 2 aromatic rings. The number of aromatic nitrogens is 1. The number of carbonyl (C=O) groups excluding carboxylic acids is 1. The first-order valence-electron chi connectivity index (χ1n) is 7.60. The highest BCUT2D eigenvalue weighted by molar-refractivity contribution is 7.07. The van der Waals surface area contributed by atoms with Gasteiger partial charge in [-0.2, -0.15) is 0 Å². The first-order chi connectivity index (χ1) is 11.0. The van der Waals surface area contributed by atoms with Gasteiger partial charge in [0.05, 0.1) is 11.2 Å². The Morgan fingerprint density at radius 1 is 1.43 bits per heavy atom. The summed E-state index contributed by atoms with van der Waals surface area (Å²) in [6.45, 7) is 6.32. The minimum absolute atomic E-state index is 0.133. The Hall–Kier alpha value is -2.01. The first kappa shape index (κ1) is 17.3. The van der Waals surface area contributed by atoms with Gasteiger partial charge in [0, 0.05) is 24.4 Å². The highest BCUT2D eigenvalue weighted by Crippen LogP contribution is 2.24. The molecule has 1 aromatic carbocycles. The lowest BCUT2D eigenvalue weighted by atomic mass is 9.93. The number of hydrogen-bond donors (Lipinski definition) is 1. The minimum Gasteiger partial charge on any atom is -0.352 e. The van der Waals surface area contributed by atoms with Crippen LogP contribution >= 0.6 is 11.3 Å². The van der Waals surface area contributed by atoms with E-state index < -0.39 is 0 Å². The van der Waals surface area contributed by atoms with E-state index in [-0.39, 0.29) is 17.6 Å². The van der Waals surface area contributed by atoms with Crippen molar-refractivity contribution in [2.24, 2.45) is 5.92 Å². The number of halogens is 1. The molecule has 0 fully saturated rings. The quantitative estimate of drug-likeness (QED) is 0.813. The summed E-state index contributed by atoms with van der Waals surface area (Å²) in [5.41, 5.74) is 5.13. The fraction of sp³-hybridized carbons (Fsp3) is 0.333. The number of carbonyl (C=O) groups is 1. The zero-order valence-corrected chi connectivity index (χ0v) is 14.4. The lowest BCUT2D eigenvalue weighted by Crippen LogP contribution is -2.24. The van der Waals surface area contributed by atoms with Gasteiger partial charge in [-0.25, -0.2) is 9.37 Å². The molecule has 0 aliphatic rings. The van der Waals surface area contributed by atoms with Gasteiger partial charge in [-0.3, -0.25) is 4.79 Å². The Bertz CT molecular complexity index is 693. The van der Waals surface area contributed by atoms with Crippen molar-refractivity contribution in [3.8, 4) is 0 Å². The first-order valence-corrected chi connectivity index (χ1v) is 8.54. The van der Waals surface area contributed by atoms with Gasteiger partial charge >= 0.3 is 0 Å². The summed E-state index contributed by atoms with van der Waals surface area (Å²) in [4.78, 5) is 16.3. The lowest BCUT2D eigenvalue weighted by Gasteiger charge is -2.13. The lowest BCUT2D eigenvalue weighted by molar-refractivity contribution is -0.116. The van der Waals surface area contributed by atoms with Crippen molar-refractivity contribution in [1.82, 2.24) is 10.3 Å². The molecule has 1 heterocycles. The van der Waals surface area contributed by atoms with Gasteiger partial charge in [-0.05, 0) is 41.7 Å². The molecule has 0 spiro atoms. The van der Waals surface area contributed by atoms with Crippen LogP contribution in [0.5, 0.6) is 0 Å². The highest BCUT2D eigenvalue weighted by Gasteiger charge is 2.11. The zero-order valence-electron chi connectivity index (χ0n) is 13.6. The van der Waals surface area contributed by atoms with Gasteiger partial charge < -0.3 is 5.32 Å². The molecule has 5 heteroatoms. The van der Waals surface area contributed by atoms with Gasteiger partial charge in [-0.15, -0.1) is 11.3 Å². The molecule has 1 aromatic heterocycles. The summed E-state index contributed by atoms with van der Waals surface area (Å²) in [5.74, 6) is -0.195.